The number of hydrazone groups is 1. The number of hydrogen-bond donors (Lipinski definition) is 3. The molecule has 0 heterocycles. The molecule has 0 saturated carbocycles. The van der Waals surface area contributed by atoms with Crippen LogP contribution in [0, 0.1) is 0 Å². The van der Waals surface area contributed by atoms with Gasteiger partial charge >= 0.3 is 11.8 Å². The van der Waals surface area contributed by atoms with Gasteiger partial charge in [0.25, 0.3) is 5.91 Å². The summed E-state index contributed by atoms with van der Waals surface area (Å²) in [7, 11) is 0. The van der Waals surface area contributed by atoms with Gasteiger partial charge in [-0.2, -0.15) is 5.10 Å². The Labute approximate surface area is 235 Å². The minimum absolute atomic E-state index is 0.300. The van der Waals surface area contributed by atoms with Crippen molar-refractivity contribution in [3.8, 4) is 17.2 Å². The Bertz CT molecular complexity index is 1370. The molecule has 12 heteroatoms. The first-order chi connectivity index (χ1) is 18.8. The van der Waals surface area contributed by atoms with E-state index in [1.54, 1.807) is 61.5 Å². The van der Waals surface area contributed by atoms with Crippen LogP contribution >= 0.6 is 23.2 Å². The third-order valence-corrected chi connectivity index (χ3v) is 5.40. The maximum absolute atomic E-state index is 12.3. The van der Waals surface area contributed by atoms with Crippen molar-refractivity contribution in [1.82, 2.24) is 5.43 Å². The molecule has 0 aromatic heterocycles. The molecule has 0 unspecified atom stereocenters. The van der Waals surface area contributed by atoms with Crippen LogP contribution in [0.25, 0.3) is 0 Å². The molecule has 0 aliphatic carbocycles. The second-order valence-corrected chi connectivity index (χ2v) is 8.53. The van der Waals surface area contributed by atoms with Crippen LogP contribution in [0.3, 0.4) is 0 Å². The maximum Gasteiger partial charge on any atom is 0.329 e. The second-order valence-electron chi connectivity index (χ2n) is 7.68. The summed E-state index contributed by atoms with van der Waals surface area (Å²) in [4.78, 5) is 36.7. The van der Waals surface area contributed by atoms with Gasteiger partial charge in [0.2, 0.25) is 0 Å². The highest BCUT2D eigenvalue weighted by atomic mass is 35.5. The van der Waals surface area contributed by atoms with Crippen molar-refractivity contribution >= 4 is 58.5 Å². The zero-order chi connectivity index (χ0) is 28.2. The smallest absolute Gasteiger partial charge is 0.329 e. The summed E-state index contributed by atoms with van der Waals surface area (Å²) in [6.07, 6.45) is 1.33. The molecule has 0 radical (unpaired) electrons. The van der Waals surface area contributed by atoms with Gasteiger partial charge < -0.3 is 24.8 Å². The summed E-state index contributed by atoms with van der Waals surface area (Å²) in [5, 5.41) is 9.72. The lowest BCUT2D eigenvalue weighted by atomic mass is 10.2. The average Bonchev–Trinajstić information content (AvgIpc) is 2.91. The van der Waals surface area contributed by atoms with Crippen LogP contribution in [0.1, 0.15) is 19.4 Å². The van der Waals surface area contributed by atoms with Crippen molar-refractivity contribution in [2.75, 3.05) is 30.5 Å². The van der Waals surface area contributed by atoms with Gasteiger partial charge in [0, 0.05) is 5.02 Å². The molecule has 0 aliphatic rings. The van der Waals surface area contributed by atoms with Crippen LogP contribution in [-0.2, 0) is 14.4 Å². The van der Waals surface area contributed by atoms with Gasteiger partial charge in [0.05, 0.1) is 35.8 Å². The Balaban J connectivity index is 1.57. The molecular formula is C27H26Cl2N4O6. The number of anilines is 2. The molecule has 0 spiro atoms. The number of nitrogens with zero attached hydrogens (tertiary/aromatic N) is 1. The number of rotatable bonds is 11. The number of halogens is 2. The van der Waals surface area contributed by atoms with Crippen molar-refractivity contribution < 1.29 is 28.6 Å². The highest BCUT2D eigenvalue weighted by Gasteiger charge is 2.15. The number of para-hydroxylation sites is 2. The average molecular weight is 573 g/mol. The SMILES string of the molecule is CCOc1ccccc1NC(=O)C(=O)N/N=C\c1ccc(OCC(=O)Nc2ccc(Cl)cc2Cl)c(OCC)c1. The Morgan fingerprint density at radius 1 is 0.795 bits per heavy atom. The second kappa shape index (κ2) is 14.6. The van der Waals surface area contributed by atoms with Crippen LogP contribution in [-0.4, -0.2) is 43.8 Å². The van der Waals surface area contributed by atoms with E-state index in [0.29, 0.717) is 57.4 Å². The van der Waals surface area contributed by atoms with Gasteiger partial charge in [-0.3, -0.25) is 14.4 Å². The van der Waals surface area contributed by atoms with Gasteiger partial charge in [0.15, 0.2) is 18.1 Å². The first-order valence-electron chi connectivity index (χ1n) is 11.8. The van der Waals surface area contributed by atoms with E-state index in [4.69, 9.17) is 37.4 Å². The zero-order valence-electron chi connectivity index (χ0n) is 21.1. The minimum atomic E-state index is -0.964. The zero-order valence-corrected chi connectivity index (χ0v) is 22.6. The Morgan fingerprint density at radius 3 is 2.28 bits per heavy atom. The number of hydrogen-bond acceptors (Lipinski definition) is 7. The number of nitrogens with one attached hydrogen (secondary N) is 3. The predicted molar refractivity (Wildman–Crippen MR) is 150 cm³/mol. The van der Waals surface area contributed by atoms with Gasteiger partial charge in [-0.25, -0.2) is 5.43 Å². The van der Waals surface area contributed by atoms with Crippen LogP contribution in [0.4, 0.5) is 11.4 Å². The van der Waals surface area contributed by atoms with E-state index in [9.17, 15) is 14.4 Å². The number of ether oxygens (including phenoxy) is 3. The largest absolute Gasteiger partial charge is 0.492 e. The van der Waals surface area contributed by atoms with Gasteiger partial charge in [0.1, 0.15) is 5.75 Å². The number of amides is 3. The molecule has 3 N–H and O–H groups in total. The number of carbonyl (C=O) groups is 3. The Kier molecular flexibility index (Phi) is 11.0. The summed E-state index contributed by atoms with van der Waals surface area (Å²) in [5.41, 5.74) is 3.49. The summed E-state index contributed by atoms with van der Waals surface area (Å²) in [6.45, 7) is 4.05. The van der Waals surface area contributed by atoms with Crippen LogP contribution < -0.4 is 30.3 Å². The summed E-state index contributed by atoms with van der Waals surface area (Å²) in [5.74, 6) is -1.18. The van der Waals surface area contributed by atoms with E-state index in [2.05, 4.69) is 21.2 Å². The van der Waals surface area contributed by atoms with E-state index in [1.165, 1.54) is 12.3 Å². The minimum Gasteiger partial charge on any atom is -0.492 e. The Morgan fingerprint density at radius 2 is 1.54 bits per heavy atom. The lowest BCUT2D eigenvalue weighted by Gasteiger charge is -2.13. The molecule has 10 nitrogen and oxygen atoms in total. The van der Waals surface area contributed by atoms with Crippen molar-refractivity contribution in [1.29, 1.82) is 0 Å². The highest BCUT2D eigenvalue weighted by molar-refractivity contribution is 6.39. The molecule has 0 bridgehead atoms. The number of benzene rings is 3. The lowest BCUT2D eigenvalue weighted by molar-refractivity contribution is -0.136. The monoisotopic (exact) mass is 572 g/mol. The van der Waals surface area contributed by atoms with Crippen LogP contribution in [0.15, 0.2) is 65.8 Å². The quantitative estimate of drug-likeness (QED) is 0.170. The van der Waals surface area contributed by atoms with E-state index in [-0.39, 0.29) is 6.61 Å². The molecule has 3 amide bonds. The van der Waals surface area contributed by atoms with Crippen LogP contribution in [0.5, 0.6) is 17.2 Å². The topological polar surface area (TPSA) is 127 Å². The normalized spacial score (nSPS) is 10.6. The fraction of sp³-hybridized carbons (Fsp3) is 0.185. The molecule has 204 valence electrons. The van der Waals surface area contributed by atoms with Crippen molar-refractivity contribution in [2.24, 2.45) is 5.10 Å². The fourth-order valence-electron chi connectivity index (χ4n) is 3.16. The van der Waals surface area contributed by atoms with Gasteiger partial charge in [-0.05, 0) is 67.9 Å². The summed E-state index contributed by atoms with van der Waals surface area (Å²) < 4.78 is 16.7. The summed E-state index contributed by atoms with van der Waals surface area (Å²) in [6, 6.07) is 16.3. The first kappa shape index (κ1) is 29.3. The standard InChI is InChI=1S/C27H26Cl2N4O6/c1-3-37-22-8-6-5-7-21(22)32-26(35)27(36)33-30-15-17-9-12-23(24(13-17)38-4-2)39-16-25(34)31-20-11-10-18(28)14-19(20)29/h5-15H,3-4,16H2,1-2H3,(H,31,34)(H,32,35)(H,33,36)/b30-15-. The molecular weight excluding hydrogens is 547 g/mol. The van der Waals surface area contributed by atoms with E-state index in [0.717, 1.165) is 0 Å². The van der Waals surface area contributed by atoms with E-state index >= 15 is 0 Å². The van der Waals surface area contributed by atoms with E-state index in [1.807, 2.05) is 6.92 Å². The predicted octanol–water partition coefficient (Wildman–Crippen LogP) is 4.90. The first-order valence-corrected chi connectivity index (χ1v) is 12.6. The molecule has 0 atom stereocenters. The van der Waals surface area contributed by atoms with Crippen LogP contribution in [0.2, 0.25) is 10.0 Å². The van der Waals surface area contributed by atoms with Crippen molar-refractivity contribution in [3.05, 3.63) is 76.3 Å². The molecule has 0 saturated heterocycles. The Hall–Kier alpha value is -4.28. The molecule has 0 fully saturated rings. The molecule has 3 rings (SSSR count). The third-order valence-electron chi connectivity index (χ3n) is 4.85. The van der Waals surface area contributed by atoms with Gasteiger partial charge in [-0.15, -0.1) is 0 Å². The molecule has 39 heavy (non-hydrogen) atoms. The highest BCUT2D eigenvalue weighted by Crippen LogP contribution is 2.29. The number of carbonyl (C=O) groups excluding carboxylic acids is 3. The van der Waals surface area contributed by atoms with Crippen molar-refractivity contribution in [2.45, 2.75) is 13.8 Å². The molecule has 3 aromatic carbocycles. The van der Waals surface area contributed by atoms with Gasteiger partial charge in [-0.1, -0.05) is 35.3 Å². The lowest BCUT2D eigenvalue weighted by Crippen LogP contribution is -2.32. The third kappa shape index (κ3) is 8.91. The van der Waals surface area contributed by atoms with E-state index < -0.39 is 17.7 Å². The molecule has 3 aromatic rings. The summed E-state index contributed by atoms with van der Waals surface area (Å²) >= 11 is 12.0. The van der Waals surface area contributed by atoms with Crippen molar-refractivity contribution in [3.63, 3.8) is 0 Å². The maximum atomic E-state index is 12.3. The molecule has 0 aliphatic heterocycles. The fourth-order valence-corrected chi connectivity index (χ4v) is 3.62.